The number of aromatic nitrogens is 4. The molecule has 8 heteroatoms. The van der Waals surface area contributed by atoms with Crippen molar-refractivity contribution in [3.8, 4) is 0 Å². The number of carbonyl (C=O) groups is 2. The minimum Gasteiger partial charge on any atom is -0.361 e. The number of aromatic amines is 1. The van der Waals surface area contributed by atoms with Gasteiger partial charge in [-0.25, -0.2) is 9.67 Å². The van der Waals surface area contributed by atoms with E-state index in [0.717, 1.165) is 46.1 Å². The van der Waals surface area contributed by atoms with Crippen molar-refractivity contribution in [1.82, 2.24) is 30.6 Å². The molecule has 3 N–H and O–H groups in total. The third-order valence-corrected chi connectivity index (χ3v) is 6.05. The molecule has 1 fully saturated rings. The summed E-state index contributed by atoms with van der Waals surface area (Å²) in [4.78, 5) is 33.8. The van der Waals surface area contributed by atoms with Crippen LogP contribution in [0.4, 0.5) is 0 Å². The highest BCUT2D eigenvalue weighted by molar-refractivity contribution is 6.07. The quantitative estimate of drug-likeness (QED) is 0.416. The van der Waals surface area contributed by atoms with Crippen LogP contribution in [0.25, 0.3) is 21.9 Å². The Labute approximate surface area is 191 Å². The van der Waals surface area contributed by atoms with Gasteiger partial charge in [0, 0.05) is 28.7 Å². The molecule has 8 nitrogen and oxygen atoms in total. The molecule has 1 aromatic carbocycles. The lowest BCUT2D eigenvalue weighted by atomic mass is 10.1. The van der Waals surface area contributed by atoms with Crippen LogP contribution >= 0.6 is 0 Å². The van der Waals surface area contributed by atoms with E-state index in [-0.39, 0.29) is 23.8 Å². The SMILES string of the molecule is Cc1nn(C(C)(C)C)c2nc(C3CC3)cc(C(=O)NNC(=O)Cc3c[nH]c4ccccc34)c12. The lowest BCUT2D eigenvalue weighted by Gasteiger charge is -2.20. The highest BCUT2D eigenvalue weighted by atomic mass is 16.2. The summed E-state index contributed by atoms with van der Waals surface area (Å²) < 4.78 is 1.88. The van der Waals surface area contributed by atoms with Gasteiger partial charge in [-0.15, -0.1) is 0 Å². The number of carbonyl (C=O) groups excluding carboxylic acids is 2. The maximum atomic E-state index is 13.2. The number of hydrazine groups is 1. The van der Waals surface area contributed by atoms with Crippen molar-refractivity contribution >= 4 is 33.8 Å². The smallest absolute Gasteiger partial charge is 0.270 e. The average Bonchev–Trinajstić information content (AvgIpc) is 3.47. The van der Waals surface area contributed by atoms with E-state index in [2.05, 4.69) is 41.7 Å². The van der Waals surface area contributed by atoms with Gasteiger partial charge in [0.25, 0.3) is 5.91 Å². The first-order chi connectivity index (χ1) is 15.7. The summed E-state index contributed by atoms with van der Waals surface area (Å²) in [6, 6.07) is 9.66. The predicted octanol–water partition coefficient (Wildman–Crippen LogP) is 3.86. The summed E-state index contributed by atoms with van der Waals surface area (Å²) in [5, 5.41) is 6.40. The molecule has 0 aliphatic heterocycles. The molecule has 0 atom stereocenters. The van der Waals surface area contributed by atoms with E-state index in [1.54, 1.807) is 0 Å². The minimum atomic E-state index is -0.367. The number of nitrogens with zero attached hydrogens (tertiary/aromatic N) is 3. The summed E-state index contributed by atoms with van der Waals surface area (Å²) in [6.45, 7) is 8.08. The second-order valence-corrected chi connectivity index (χ2v) is 9.77. The highest BCUT2D eigenvalue weighted by Crippen LogP contribution is 2.41. The van der Waals surface area contributed by atoms with Crippen molar-refractivity contribution in [3.05, 3.63) is 59.0 Å². The standard InChI is InChI=1S/C25H28N6O2/c1-14-22-18(12-20(15-9-10-15)27-23(22)31(30-14)25(2,3)4)24(33)29-28-21(32)11-16-13-26-19-8-6-5-7-17(16)19/h5-8,12-13,15,26H,9-11H2,1-4H3,(H,28,32)(H,29,33). The molecule has 2 amide bonds. The molecule has 1 saturated carbocycles. The van der Waals surface area contributed by atoms with E-state index in [1.807, 2.05) is 48.1 Å². The Morgan fingerprint density at radius 1 is 1.18 bits per heavy atom. The summed E-state index contributed by atoms with van der Waals surface area (Å²) in [5.74, 6) is -0.280. The molecule has 5 rings (SSSR count). The monoisotopic (exact) mass is 444 g/mol. The number of para-hydroxylation sites is 1. The van der Waals surface area contributed by atoms with Gasteiger partial charge in [0.05, 0.1) is 28.6 Å². The number of pyridine rings is 1. The second kappa shape index (κ2) is 7.72. The van der Waals surface area contributed by atoms with Gasteiger partial charge in [-0.2, -0.15) is 5.10 Å². The number of amides is 2. The van der Waals surface area contributed by atoms with Crippen molar-refractivity contribution in [3.63, 3.8) is 0 Å². The van der Waals surface area contributed by atoms with Crippen molar-refractivity contribution in [2.75, 3.05) is 0 Å². The normalized spacial score (nSPS) is 14.1. The van der Waals surface area contributed by atoms with E-state index in [4.69, 9.17) is 4.98 Å². The topological polar surface area (TPSA) is 105 Å². The molecule has 0 radical (unpaired) electrons. The Kier molecular flexibility index (Phi) is 4.96. The third kappa shape index (κ3) is 3.97. The number of benzene rings is 1. The number of fused-ring (bicyclic) bond motifs is 2. The number of rotatable bonds is 4. The first kappa shape index (κ1) is 21.2. The molecule has 0 spiro atoms. The lowest BCUT2D eigenvalue weighted by Crippen LogP contribution is -2.42. The minimum absolute atomic E-state index is 0.157. The highest BCUT2D eigenvalue weighted by Gasteiger charge is 2.30. The molecule has 170 valence electrons. The van der Waals surface area contributed by atoms with Gasteiger partial charge in [0.1, 0.15) is 0 Å². The van der Waals surface area contributed by atoms with Gasteiger partial charge >= 0.3 is 0 Å². The third-order valence-electron chi connectivity index (χ3n) is 6.05. The van der Waals surface area contributed by atoms with E-state index in [0.29, 0.717) is 17.1 Å². The van der Waals surface area contributed by atoms with E-state index < -0.39 is 0 Å². The maximum absolute atomic E-state index is 13.2. The zero-order valence-corrected chi connectivity index (χ0v) is 19.3. The molecule has 3 aromatic heterocycles. The Balaban J connectivity index is 1.40. The Morgan fingerprint density at radius 2 is 1.94 bits per heavy atom. The molecule has 1 aliphatic carbocycles. The van der Waals surface area contributed by atoms with Crippen molar-refractivity contribution in [2.45, 2.75) is 58.4 Å². The zero-order valence-electron chi connectivity index (χ0n) is 19.3. The second-order valence-electron chi connectivity index (χ2n) is 9.77. The van der Waals surface area contributed by atoms with Crippen molar-refractivity contribution < 1.29 is 9.59 Å². The molecule has 0 bridgehead atoms. The van der Waals surface area contributed by atoms with Crippen LogP contribution in [0.2, 0.25) is 0 Å². The van der Waals surface area contributed by atoms with Gasteiger partial charge < -0.3 is 4.98 Å². The van der Waals surface area contributed by atoms with Crippen LogP contribution in [-0.4, -0.2) is 31.6 Å². The van der Waals surface area contributed by atoms with E-state index >= 15 is 0 Å². The summed E-state index contributed by atoms with van der Waals surface area (Å²) in [7, 11) is 0. The fraction of sp³-hybridized carbons (Fsp3) is 0.360. The van der Waals surface area contributed by atoms with Gasteiger partial charge in [0.15, 0.2) is 5.65 Å². The van der Waals surface area contributed by atoms with Gasteiger partial charge in [-0.1, -0.05) is 18.2 Å². The molecule has 3 heterocycles. The van der Waals surface area contributed by atoms with E-state index in [9.17, 15) is 9.59 Å². The molecular formula is C25H28N6O2. The van der Waals surface area contributed by atoms with Crippen LogP contribution in [0.3, 0.4) is 0 Å². The fourth-order valence-electron chi connectivity index (χ4n) is 4.23. The van der Waals surface area contributed by atoms with Crippen LogP contribution < -0.4 is 10.9 Å². The molecule has 1 aliphatic rings. The van der Waals surface area contributed by atoms with Crippen LogP contribution in [-0.2, 0) is 16.8 Å². The van der Waals surface area contributed by atoms with E-state index in [1.165, 1.54) is 0 Å². The van der Waals surface area contributed by atoms with Crippen LogP contribution in [0.1, 0.15) is 66.8 Å². The predicted molar refractivity (Wildman–Crippen MR) is 127 cm³/mol. The van der Waals surface area contributed by atoms with Crippen molar-refractivity contribution in [2.24, 2.45) is 0 Å². The maximum Gasteiger partial charge on any atom is 0.270 e. The lowest BCUT2D eigenvalue weighted by molar-refractivity contribution is -0.121. The molecule has 0 unspecified atom stereocenters. The number of hydrogen-bond donors (Lipinski definition) is 3. The molecular weight excluding hydrogens is 416 g/mol. The summed E-state index contributed by atoms with van der Waals surface area (Å²) in [5.41, 5.74) is 9.59. The number of H-pyrrole nitrogens is 1. The molecule has 0 saturated heterocycles. The Bertz CT molecular complexity index is 1390. The number of hydrogen-bond acceptors (Lipinski definition) is 4. The van der Waals surface area contributed by atoms with Gasteiger partial charge in [-0.05, 0) is 58.2 Å². The first-order valence-corrected chi connectivity index (χ1v) is 11.3. The molecule has 33 heavy (non-hydrogen) atoms. The average molecular weight is 445 g/mol. The van der Waals surface area contributed by atoms with Crippen LogP contribution in [0.15, 0.2) is 36.5 Å². The molecule has 4 aromatic rings. The largest absolute Gasteiger partial charge is 0.361 e. The number of aryl methyl sites for hydroxylation is 1. The summed E-state index contributed by atoms with van der Waals surface area (Å²) in [6.07, 6.45) is 4.13. The Morgan fingerprint density at radius 3 is 2.67 bits per heavy atom. The van der Waals surface area contributed by atoms with Crippen LogP contribution in [0.5, 0.6) is 0 Å². The summed E-state index contributed by atoms with van der Waals surface area (Å²) >= 11 is 0. The van der Waals surface area contributed by atoms with Crippen LogP contribution in [0, 0.1) is 6.92 Å². The zero-order chi connectivity index (χ0) is 23.3. The Hall–Kier alpha value is -3.68. The van der Waals surface area contributed by atoms with Gasteiger partial charge in [0.2, 0.25) is 5.91 Å². The van der Waals surface area contributed by atoms with Crippen molar-refractivity contribution in [1.29, 1.82) is 0 Å². The first-order valence-electron chi connectivity index (χ1n) is 11.3. The number of nitrogens with one attached hydrogen (secondary N) is 3. The van der Waals surface area contributed by atoms with Gasteiger partial charge in [-0.3, -0.25) is 20.4 Å². The fourth-order valence-corrected chi connectivity index (χ4v) is 4.23.